The quantitative estimate of drug-likeness (QED) is 0.463. The van der Waals surface area contributed by atoms with Crippen molar-refractivity contribution in [2.45, 2.75) is 31.3 Å². The zero-order chi connectivity index (χ0) is 27.5. The van der Waals surface area contributed by atoms with Crippen LogP contribution in [0.3, 0.4) is 0 Å². The van der Waals surface area contributed by atoms with Crippen LogP contribution in [0.5, 0.6) is 0 Å². The highest BCUT2D eigenvalue weighted by Gasteiger charge is 2.30. The molecule has 0 spiro atoms. The number of anilines is 3. The minimum absolute atomic E-state index is 0.108. The topological polar surface area (TPSA) is 102 Å². The van der Waals surface area contributed by atoms with Crippen molar-refractivity contribution >= 4 is 28.2 Å². The van der Waals surface area contributed by atoms with Gasteiger partial charge in [0.15, 0.2) is 0 Å². The van der Waals surface area contributed by atoms with E-state index in [9.17, 15) is 5.26 Å². The lowest BCUT2D eigenvalue weighted by Gasteiger charge is -2.42. The number of pyridine rings is 2. The van der Waals surface area contributed by atoms with Crippen LogP contribution in [0, 0.1) is 11.3 Å². The van der Waals surface area contributed by atoms with Crippen LogP contribution in [-0.2, 0) is 9.47 Å². The fourth-order valence-corrected chi connectivity index (χ4v) is 6.23. The fourth-order valence-electron chi connectivity index (χ4n) is 6.23. The number of rotatable bonds is 7. The molecule has 10 nitrogen and oxygen atoms in total. The van der Waals surface area contributed by atoms with Gasteiger partial charge in [0.25, 0.3) is 0 Å². The summed E-state index contributed by atoms with van der Waals surface area (Å²) in [6, 6.07) is 16.7. The molecule has 210 valence electrons. The Morgan fingerprint density at radius 3 is 2.77 bits per heavy atom. The Morgan fingerprint density at radius 2 is 1.95 bits per heavy atom. The first-order chi connectivity index (χ1) is 19.6. The molecule has 3 aromatic rings. The normalized spacial score (nSPS) is 25.7. The standard InChI is InChI=1S/C30H38N8O2/c1-21-18-38(26-9-8-22(15-31)30-24(26)5-4-10-33-30)20-23(40-21)19-36-11-13-37(14-12-36)29-7-3-6-28(35-29)34-25-16-32-17-27(25)39-2/h3-10,21,23,25,27,32H,11-14,16-20H2,1-2H3,(H,34,35)/t21-,23+,25-,27+/m1/s1. The monoisotopic (exact) mass is 542 g/mol. The molecule has 0 unspecified atom stereocenters. The van der Waals surface area contributed by atoms with Gasteiger partial charge in [0.2, 0.25) is 0 Å². The van der Waals surface area contributed by atoms with Gasteiger partial charge in [-0.2, -0.15) is 5.26 Å². The van der Waals surface area contributed by atoms with Crippen molar-refractivity contribution in [2.75, 3.05) is 81.1 Å². The number of nitrogens with one attached hydrogen (secondary N) is 2. The third-order valence-corrected chi connectivity index (χ3v) is 8.22. The van der Waals surface area contributed by atoms with Gasteiger partial charge in [-0.1, -0.05) is 6.07 Å². The van der Waals surface area contributed by atoms with Crippen LogP contribution in [0.1, 0.15) is 12.5 Å². The predicted molar refractivity (Wildman–Crippen MR) is 157 cm³/mol. The molecule has 1 aromatic carbocycles. The van der Waals surface area contributed by atoms with E-state index in [1.807, 2.05) is 18.2 Å². The Hall–Kier alpha value is -3.49. The van der Waals surface area contributed by atoms with E-state index in [0.717, 1.165) is 87.1 Å². The Balaban J connectivity index is 1.07. The van der Waals surface area contributed by atoms with E-state index < -0.39 is 0 Å². The van der Waals surface area contributed by atoms with Crippen molar-refractivity contribution in [2.24, 2.45) is 0 Å². The highest BCUT2D eigenvalue weighted by Crippen LogP contribution is 2.30. The summed E-state index contributed by atoms with van der Waals surface area (Å²) in [7, 11) is 1.76. The number of fused-ring (bicyclic) bond motifs is 1. The maximum absolute atomic E-state index is 9.54. The molecule has 40 heavy (non-hydrogen) atoms. The van der Waals surface area contributed by atoms with Crippen molar-refractivity contribution in [3.05, 3.63) is 54.2 Å². The van der Waals surface area contributed by atoms with Crippen molar-refractivity contribution < 1.29 is 9.47 Å². The van der Waals surface area contributed by atoms with Crippen LogP contribution >= 0.6 is 0 Å². The SMILES string of the molecule is CO[C@H]1CNC[C@H]1Nc1cccc(N2CCN(C[C@H]3CN(c4ccc(C#N)c5ncccc45)C[C@@H](C)O3)CC2)n1. The van der Waals surface area contributed by atoms with Crippen LogP contribution in [0.25, 0.3) is 10.9 Å². The second-order valence-electron chi connectivity index (χ2n) is 11.0. The van der Waals surface area contributed by atoms with Gasteiger partial charge in [0.05, 0.1) is 35.4 Å². The minimum Gasteiger partial charge on any atom is -0.378 e. The Labute approximate surface area is 235 Å². The first-order valence-electron chi connectivity index (χ1n) is 14.2. The largest absolute Gasteiger partial charge is 0.378 e. The molecule has 0 radical (unpaired) electrons. The maximum atomic E-state index is 9.54. The summed E-state index contributed by atoms with van der Waals surface area (Å²) in [5.74, 6) is 1.91. The molecule has 3 saturated heterocycles. The van der Waals surface area contributed by atoms with Gasteiger partial charge in [-0.15, -0.1) is 0 Å². The summed E-state index contributed by atoms with van der Waals surface area (Å²) in [6.07, 6.45) is 2.14. The number of nitriles is 1. The van der Waals surface area contributed by atoms with E-state index in [1.165, 1.54) is 0 Å². The first-order valence-corrected chi connectivity index (χ1v) is 14.2. The number of hydrogen-bond acceptors (Lipinski definition) is 10. The lowest BCUT2D eigenvalue weighted by molar-refractivity contribution is -0.0327. The van der Waals surface area contributed by atoms with Gasteiger partial charge >= 0.3 is 0 Å². The van der Waals surface area contributed by atoms with Gasteiger partial charge in [-0.25, -0.2) is 4.98 Å². The summed E-state index contributed by atoms with van der Waals surface area (Å²) in [5.41, 5.74) is 2.50. The van der Waals surface area contributed by atoms with E-state index in [4.69, 9.17) is 14.5 Å². The number of aromatic nitrogens is 2. The average molecular weight is 543 g/mol. The number of nitrogens with zero attached hydrogens (tertiary/aromatic N) is 6. The van der Waals surface area contributed by atoms with Crippen LogP contribution in [0.4, 0.5) is 17.3 Å². The van der Waals surface area contributed by atoms with Gasteiger partial charge < -0.3 is 29.9 Å². The molecule has 0 aliphatic carbocycles. The van der Waals surface area contributed by atoms with E-state index in [-0.39, 0.29) is 24.4 Å². The van der Waals surface area contributed by atoms with Gasteiger partial charge in [0, 0.05) is 83.3 Å². The molecule has 6 rings (SSSR count). The molecule has 0 bridgehead atoms. The fraction of sp³-hybridized carbons (Fsp3) is 0.500. The molecule has 10 heteroatoms. The molecule has 3 fully saturated rings. The third-order valence-electron chi connectivity index (χ3n) is 8.22. The lowest BCUT2D eigenvalue weighted by atomic mass is 10.1. The Kier molecular flexibility index (Phi) is 7.98. The smallest absolute Gasteiger partial charge is 0.131 e. The first kappa shape index (κ1) is 26.7. The Morgan fingerprint density at radius 1 is 1.07 bits per heavy atom. The number of hydrogen-bond donors (Lipinski definition) is 2. The Bertz CT molecular complexity index is 1360. The molecule has 0 saturated carbocycles. The van der Waals surface area contributed by atoms with Gasteiger partial charge in [-0.05, 0) is 43.3 Å². The zero-order valence-corrected chi connectivity index (χ0v) is 23.3. The van der Waals surface area contributed by atoms with E-state index in [0.29, 0.717) is 5.56 Å². The predicted octanol–water partition coefficient (Wildman–Crippen LogP) is 2.32. The highest BCUT2D eigenvalue weighted by atomic mass is 16.5. The summed E-state index contributed by atoms with van der Waals surface area (Å²) in [4.78, 5) is 16.7. The van der Waals surface area contributed by atoms with Crippen molar-refractivity contribution in [1.29, 1.82) is 5.26 Å². The van der Waals surface area contributed by atoms with E-state index >= 15 is 0 Å². The van der Waals surface area contributed by atoms with E-state index in [1.54, 1.807) is 13.3 Å². The summed E-state index contributed by atoms with van der Waals surface area (Å²) in [6.45, 7) is 10.2. The van der Waals surface area contributed by atoms with Crippen molar-refractivity contribution in [3.8, 4) is 6.07 Å². The molecular weight excluding hydrogens is 504 g/mol. The molecule has 0 amide bonds. The van der Waals surface area contributed by atoms with Crippen LogP contribution < -0.4 is 20.4 Å². The third kappa shape index (κ3) is 5.69. The molecule has 3 aliphatic rings. The molecule has 3 aliphatic heterocycles. The maximum Gasteiger partial charge on any atom is 0.131 e. The molecule has 2 N–H and O–H groups in total. The minimum atomic E-state index is 0.108. The molecule has 4 atom stereocenters. The zero-order valence-electron chi connectivity index (χ0n) is 23.3. The van der Waals surface area contributed by atoms with Gasteiger partial charge in [0.1, 0.15) is 17.7 Å². The van der Waals surface area contributed by atoms with Crippen LogP contribution in [0.2, 0.25) is 0 Å². The highest BCUT2D eigenvalue weighted by molar-refractivity contribution is 5.95. The second-order valence-corrected chi connectivity index (χ2v) is 11.0. The van der Waals surface area contributed by atoms with Crippen LogP contribution in [-0.4, -0.2) is 105 Å². The number of benzene rings is 1. The second kappa shape index (κ2) is 11.9. The van der Waals surface area contributed by atoms with E-state index in [2.05, 4.69) is 67.6 Å². The number of ether oxygens (including phenoxy) is 2. The summed E-state index contributed by atoms with van der Waals surface area (Å²) >= 11 is 0. The number of morpholine rings is 1. The molecular formula is C30H38N8O2. The van der Waals surface area contributed by atoms with Crippen LogP contribution in [0.15, 0.2) is 48.7 Å². The van der Waals surface area contributed by atoms with Gasteiger partial charge in [-0.3, -0.25) is 9.88 Å². The van der Waals surface area contributed by atoms with Crippen molar-refractivity contribution in [1.82, 2.24) is 20.2 Å². The summed E-state index contributed by atoms with van der Waals surface area (Å²) in [5, 5.41) is 17.5. The molecule has 5 heterocycles. The lowest BCUT2D eigenvalue weighted by Crippen LogP contribution is -2.54. The molecule has 2 aromatic heterocycles. The van der Waals surface area contributed by atoms with Crippen molar-refractivity contribution in [3.63, 3.8) is 0 Å². The number of piperazine rings is 1. The summed E-state index contributed by atoms with van der Waals surface area (Å²) < 4.78 is 12.0. The number of methoxy groups -OCH3 is 1. The average Bonchev–Trinajstić information content (AvgIpc) is 3.44.